The van der Waals surface area contributed by atoms with E-state index in [0.717, 1.165) is 20.0 Å². The fourth-order valence-electron chi connectivity index (χ4n) is 1.64. The van der Waals surface area contributed by atoms with Crippen molar-refractivity contribution in [1.29, 1.82) is 0 Å². The van der Waals surface area contributed by atoms with E-state index in [-0.39, 0.29) is 12.2 Å². The summed E-state index contributed by atoms with van der Waals surface area (Å²) in [5, 5.41) is 16.1. The second kappa shape index (κ2) is 28.8. The maximum atomic E-state index is 9.83. The molecule has 0 spiro atoms. The second-order valence-corrected chi connectivity index (χ2v) is 5.14. The highest BCUT2D eigenvalue weighted by atomic mass is 17.0. The van der Waals surface area contributed by atoms with Gasteiger partial charge in [0.2, 0.25) is 0 Å². The van der Waals surface area contributed by atoms with Crippen molar-refractivity contribution in [1.82, 2.24) is 0 Å². The number of hydrogen-bond donors (Lipinski definition) is 1. The maximum absolute atomic E-state index is 9.83. The zero-order valence-corrected chi connectivity index (χ0v) is 18.0. The van der Waals surface area contributed by atoms with E-state index in [4.69, 9.17) is 14.6 Å². The molecule has 1 rings (SSSR count). The lowest BCUT2D eigenvalue weighted by atomic mass is 10.1. The molecule has 0 fully saturated rings. The highest BCUT2D eigenvalue weighted by Gasteiger charge is 2.08. The summed E-state index contributed by atoms with van der Waals surface area (Å²) in [4.78, 5) is 22.2. The number of carbonyl (C=O) groups is 1. The molecule has 27 heavy (non-hydrogen) atoms. The van der Waals surface area contributed by atoms with Gasteiger partial charge in [0.25, 0.3) is 5.09 Å². The summed E-state index contributed by atoms with van der Waals surface area (Å²) in [6.07, 6.45) is 3.64. The Hall–Kier alpha value is -1.99. The molecule has 0 heterocycles. The average Bonchev–Trinajstić information content (AvgIpc) is 2.71. The van der Waals surface area contributed by atoms with E-state index in [1.165, 1.54) is 12.0 Å². The van der Waals surface area contributed by atoms with Crippen LogP contribution in [0.5, 0.6) is 0 Å². The van der Waals surface area contributed by atoms with Gasteiger partial charge in [0.1, 0.15) is 12.9 Å². The third-order valence-electron chi connectivity index (χ3n) is 2.92. The Labute approximate surface area is 164 Å². The van der Waals surface area contributed by atoms with Crippen molar-refractivity contribution in [2.24, 2.45) is 0 Å². The topological polar surface area (TPSA) is 98.9 Å². The fourth-order valence-corrected chi connectivity index (χ4v) is 1.64. The van der Waals surface area contributed by atoms with Crippen molar-refractivity contribution in [2.45, 2.75) is 72.5 Å². The van der Waals surface area contributed by atoms with E-state index >= 15 is 0 Å². The zero-order chi connectivity index (χ0) is 22.1. The minimum atomic E-state index is -0.718. The van der Waals surface area contributed by atoms with Gasteiger partial charge in [0.05, 0.1) is 6.10 Å². The Morgan fingerprint density at radius 1 is 1.11 bits per heavy atom. The molecule has 0 saturated heterocycles. The summed E-state index contributed by atoms with van der Waals surface area (Å²) in [5.74, 6) is 0. The van der Waals surface area contributed by atoms with Crippen molar-refractivity contribution in [2.75, 3.05) is 14.2 Å². The van der Waals surface area contributed by atoms with Crippen molar-refractivity contribution in [3.8, 4) is 0 Å². The number of nitrogens with zero attached hydrogens (tertiary/aromatic N) is 1. The van der Waals surface area contributed by atoms with Crippen LogP contribution >= 0.6 is 0 Å². The number of aliphatic hydroxyl groups excluding tert-OH is 1. The largest absolute Gasteiger partial charge is 0.400 e. The van der Waals surface area contributed by atoms with Gasteiger partial charge in [-0.15, -0.1) is 10.1 Å². The second-order valence-electron chi connectivity index (χ2n) is 5.14. The van der Waals surface area contributed by atoms with Crippen LogP contribution in [0.15, 0.2) is 30.3 Å². The number of ether oxygens (including phenoxy) is 1. The van der Waals surface area contributed by atoms with E-state index in [1.54, 1.807) is 7.11 Å². The molecule has 0 aliphatic carbocycles. The summed E-state index contributed by atoms with van der Waals surface area (Å²) < 4.78 is 5.14. The van der Waals surface area contributed by atoms with Crippen LogP contribution < -0.4 is 0 Å². The molecule has 0 saturated carbocycles. The third-order valence-corrected chi connectivity index (χ3v) is 2.92. The Kier molecular flexibility index (Phi) is 34.8. The van der Waals surface area contributed by atoms with Crippen molar-refractivity contribution < 1.29 is 24.6 Å². The first-order chi connectivity index (χ1) is 13.0. The normalized spacial score (nSPS) is 10.5. The lowest BCUT2D eigenvalue weighted by Gasteiger charge is -2.09. The molecule has 0 aliphatic rings. The highest BCUT2D eigenvalue weighted by molar-refractivity contribution is 5.16. The smallest absolute Gasteiger partial charge is 0.294 e. The predicted molar refractivity (Wildman–Crippen MR) is 110 cm³/mol. The van der Waals surface area contributed by atoms with Crippen LogP contribution in [-0.4, -0.2) is 37.3 Å². The summed E-state index contributed by atoms with van der Waals surface area (Å²) in [7, 11) is 2.72. The number of benzene rings is 1. The molecule has 7 heteroatoms. The van der Waals surface area contributed by atoms with Gasteiger partial charge >= 0.3 is 0 Å². The molecule has 0 radical (unpaired) electrons. The predicted octanol–water partition coefficient (Wildman–Crippen LogP) is 5.01. The van der Waals surface area contributed by atoms with Crippen LogP contribution in [0.2, 0.25) is 0 Å². The number of rotatable bonds is 7. The van der Waals surface area contributed by atoms with Crippen LogP contribution in [0.3, 0.4) is 0 Å². The fraction of sp³-hybridized carbons (Fsp3) is 0.650. The van der Waals surface area contributed by atoms with Gasteiger partial charge < -0.3 is 19.5 Å². The van der Waals surface area contributed by atoms with Gasteiger partial charge in [0, 0.05) is 14.2 Å². The summed E-state index contributed by atoms with van der Waals surface area (Å²) >= 11 is 0. The molecule has 2 atom stereocenters. The molecular formula is C20H39NO6. The molecule has 160 valence electrons. The minimum absolute atomic E-state index is 0.208. The summed E-state index contributed by atoms with van der Waals surface area (Å²) in [6, 6.07) is 10.2. The average molecular weight is 390 g/mol. The van der Waals surface area contributed by atoms with Crippen molar-refractivity contribution in [3.05, 3.63) is 46.0 Å². The molecule has 0 bridgehead atoms. The van der Waals surface area contributed by atoms with Crippen LogP contribution in [0.4, 0.5) is 0 Å². The Bertz CT molecular complexity index is 389. The standard InChI is InChI=1S/C9H12O.C6H13NO3.C3H8.CH4O.CH2O/c1-8(10-2)9-6-4-3-5-7-9;1-3-5-6(4-2)10-7(8)9;1-3-2;2*1-2/h3-8H,1-2H3;6H,3-5H2,1-2H3;3H2,1-2H3;2H,1H3;1H2. The van der Waals surface area contributed by atoms with E-state index < -0.39 is 5.09 Å². The number of aliphatic hydroxyl groups is 1. The SMILES string of the molecule is C=O.CCC.CCCC(CC)O[N+](=O)[O-].CO.COC(C)c1ccccc1. The molecule has 1 N–H and O–H groups in total. The quantitative estimate of drug-likeness (QED) is 0.520. The number of hydrogen-bond acceptors (Lipinski definition) is 6. The lowest BCUT2D eigenvalue weighted by molar-refractivity contribution is -0.768. The first-order valence-corrected chi connectivity index (χ1v) is 9.08. The zero-order valence-electron chi connectivity index (χ0n) is 18.0. The molecule has 1 aromatic rings. The Morgan fingerprint density at radius 3 is 1.85 bits per heavy atom. The lowest BCUT2D eigenvalue weighted by Crippen LogP contribution is -2.15. The van der Waals surface area contributed by atoms with Gasteiger partial charge in [-0.05, 0) is 25.3 Å². The van der Waals surface area contributed by atoms with Crippen LogP contribution in [0.1, 0.15) is 72.0 Å². The van der Waals surface area contributed by atoms with E-state index in [0.29, 0.717) is 6.42 Å². The van der Waals surface area contributed by atoms with E-state index in [1.807, 2.05) is 45.8 Å². The molecule has 0 aromatic heterocycles. The molecular weight excluding hydrogens is 350 g/mol. The van der Waals surface area contributed by atoms with Crippen LogP contribution in [0, 0.1) is 10.1 Å². The minimum Gasteiger partial charge on any atom is -0.400 e. The molecule has 0 amide bonds. The van der Waals surface area contributed by atoms with Gasteiger partial charge in [-0.2, -0.15) is 0 Å². The molecule has 0 aliphatic heterocycles. The molecule has 2 unspecified atom stereocenters. The van der Waals surface area contributed by atoms with Gasteiger partial charge in [-0.25, -0.2) is 0 Å². The Morgan fingerprint density at radius 2 is 1.56 bits per heavy atom. The van der Waals surface area contributed by atoms with E-state index in [9.17, 15) is 10.1 Å². The maximum Gasteiger partial charge on any atom is 0.294 e. The third kappa shape index (κ3) is 26.3. The number of methoxy groups -OCH3 is 1. The first kappa shape index (κ1) is 32.7. The van der Waals surface area contributed by atoms with Crippen molar-refractivity contribution in [3.63, 3.8) is 0 Å². The monoisotopic (exact) mass is 389 g/mol. The first-order valence-electron chi connectivity index (χ1n) is 9.08. The highest BCUT2D eigenvalue weighted by Crippen LogP contribution is 2.13. The van der Waals surface area contributed by atoms with Crippen LogP contribution in [-0.2, 0) is 14.4 Å². The van der Waals surface area contributed by atoms with Gasteiger partial charge in [0.15, 0.2) is 0 Å². The molecule has 7 nitrogen and oxygen atoms in total. The van der Waals surface area contributed by atoms with Gasteiger partial charge in [-0.3, -0.25) is 0 Å². The molecule has 1 aromatic carbocycles. The number of carbonyl (C=O) groups excluding carboxylic acids is 1. The Balaban J connectivity index is -0.000000147. The van der Waals surface area contributed by atoms with Crippen LogP contribution in [0.25, 0.3) is 0 Å². The van der Waals surface area contributed by atoms with Gasteiger partial charge in [-0.1, -0.05) is 70.9 Å². The van der Waals surface area contributed by atoms with Crippen molar-refractivity contribution >= 4 is 6.79 Å². The van der Waals surface area contributed by atoms with E-state index in [2.05, 4.69) is 30.8 Å². The summed E-state index contributed by atoms with van der Waals surface area (Å²) in [5.41, 5.74) is 1.23. The summed E-state index contributed by atoms with van der Waals surface area (Å²) in [6.45, 7) is 12.1.